The molecular weight excluding hydrogens is 184 g/mol. The molecule has 13 heavy (non-hydrogen) atoms. The topological polar surface area (TPSA) is 18.5 Å². The zero-order chi connectivity index (χ0) is 8.84. The van der Waals surface area contributed by atoms with Crippen LogP contribution in [0.2, 0.25) is 0 Å². The Balaban J connectivity index is 1.76. The van der Waals surface area contributed by atoms with E-state index < -0.39 is 0 Å². The molecule has 2 nitrogen and oxygen atoms in total. The zero-order valence-electron chi connectivity index (χ0n) is 7.57. The highest BCUT2D eigenvalue weighted by Crippen LogP contribution is 2.45. The van der Waals surface area contributed by atoms with Gasteiger partial charge in [-0.15, -0.1) is 0 Å². The molecule has 4 atom stereocenters. The van der Waals surface area contributed by atoms with Crippen molar-refractivity contribution in [2.75, 3.05) is 0 Å². The Bertz CT molecular complexity index is 219. The first kappa shape index (κ1) is 8.04. The lowest BCUT2D eigenvalue weighted by Gasteiger charge is -2.31. The number of thiocarbonyl (C=S) groups is 1. The lowest BCUT2D eigenvalue weighted by molar-refractivity contribution is 0.0558. The predicted octanol–water partition coefficient (Wildman–Crippen LogP) is 2.27. The van der Waals surface area contributed by atoms with Crippen LogP contribution in [0.1, 0.15) is 32.1 Å². The molecule has 3 fully saturated rings. The summed E-state index contributed by atoms with van der Waals surface area (Å²) in [7, 11) is 0. The van der Waals surface area contributed by atoms with Crippen LogP contribution < -0.4 is 0 Å². The van der Waals surface area contributed by atoms with Crippen LogP contribution in [0.15, 0.2) is 0 Å². The van der Waals surface area contributed by atoms with Crippen molar-refractivity contribution in [3.05, 3.63) is 0 Å². The average molecular weight is 198 g/mol. The third-order valence-corrected chi connectivity index (χ3v) is 3.99. The molecule has 0 aromatic carbocycles. The fraction of sp³-hybridized carbons (Fsp3) is 0.900. The van der Waals surface area contributed by atoms with E-state index in [9.17, 15) is 0 Å². The van der Waals surface area contributed by atoms with Crippen molar-refractivity contribution < 1.29 is 9.47 Å². The van der Waals surface area contributed by atoms with Gasteiger partial charge < -0.3 is 9.47 Å². The Labute approximate surface area is 83.6 Å². The average Bonchev–Trinajstić information content (AvgIpc) is 2.63. The normalized spacial score (nSPS) is 47.8. The van der Waals surface area contributed by atoms with Crippen molar-refractivity contribution >= 4 is 17.5 Å². The first-order chi connectivity index (χ1) is 6.33. The van der Waals surface area contributed by atoms with E-state index >= 15 is 0 Å². The monoisotopic (exact) mass is 198 g/mol. The lowest BCUT2D eigenvalue weighted by Crippen LogP contribution is -2.34. The van der Waals surface area contributed by atoms with Crippen molar-refractivity contribution in [3.63, 3.8) is 0 Å². The number of hydrogen-bond acceptors (Lipinski definition) is 3. The van der Waals surface area contributed by atoms with E-state index in [1.165, 1.54) is 32.1 Å². The second-order valence-corrected chi connectivity index (χ2v) is 4.82. The summed E-state index contributed by atoms with van der Waals surface area (Å²) in [5.74, 6) is 1.79. The third kappa shape index (κ3) is 1.25. The number of hydrogen-bond donors (Lipinski definition) is 0. The minimum absolute atomic E-state index is 0.284. The second-order valence-electron chi connectivity index (χ2n) is 4.49. The Hall–Kier alpha value is -0.310. The van der Waals surface area contributed by atoms with E-state index in [4.69, 9.17) is 21.7 Å². The van der Waals surface area contributed by atoms with Gasteiger partial charge in [0.2, 0.25) is 0 Å². The lowest BCUT2D eigenvalue weighted by atomic mass is 9.79. The maximum atomic E-state index is 5.48. The molecule has 0 aromatic heterocycles. The number of rotatable bonds is 0. The summed E-state index contributed by atoms with van der Waals surface area (Å²) in [4.78, 5) is 0. The van der Waals surface area contributed by atoms with Gasteiger partial charge in [0, 0.05) is 12.2 Å². The summed E-state index contributed by atoms with van der Waals surface area (Å²) < 4.78 is 11.0. The van der Waals surface area contributed by atoms with Gasteiger partial charge in [0.25, 0.3) is 0 Å². The first-order valence-corrected chi connectivity index (χ1v) is 5.61. The van der Waals surface area contributed by atoms with Crippen molar-refractivity contribution in [2.45, 2.75) is 44.3 Å². The van der Waals surface area contributed by atoms with Crippen LogP contribution in [0, 0.1) is 11.8 Å². The van der Waals surface area contributed by atoms with Gasteiger partial charge in [-0.05, 0) is 24.7 Å². The molecule has 3 rings (SSSR count). The third-order valence-electron chi connectivity index (χ3n) is 3.80. The molecule has 3 aliphatic rings. The molecule has 0 spiro atoms. The highest BCUT2D eigenvalue weighted by Gasteiger charge is 2.45. The summed E-state index contributed by atoms with van der Waals surface area (Å²) in [6.07, 6.45) is 7.11. The standard InChI is InChI=1S/C10H14O2S/c13-10-11-8-4-6-2-1-3-7(6)5-9(8)12-10/h6-9H,1-5H2. The molecule has 0 amide bonds. The Morgan fingerprint density at radius 1 is 1.00 bits per heavy atom. The summed E-state index contributed by atoms with van der Waals surface area (Å²) in [6.45, 7) is 0. The summed E-state index contributed by atoms with van der Waals surface area (Å²) in [5, 5.41) is 0.384. The molecule has 2 saturated carbocycles. The van der Waals surface area contributed by atoms with Gasteiger partial charge in [0.15, 0.2) is 0 Å². The van der Waals surface area contributed by atoms with Gasteiger partial charge in [0.1, 0.15) is 12.2 Å². The van der Waals surface area contributed by atoms with Gasteiger partial charge in [-0.2, -0.15) is 0 Å². The summed E-state index contributed by atoms with van der Waals surface area (Å²) in [6, 6.07) is 0. The highest BCUT2D eigenvalue weighted by atomic mass is 32.1. The maximum Gasteiger partial charge on any atom is 0.353 e. The largest absolute Gasteiger partial charge is 0.450 e. The summed E-state index contributed by atoms with van der Waals surface area (Å²) >= 11 is 4.92. The van der Waals surface area contributed by atoms with E-state index in [2.05, 4.69) is 0 Å². The molecule has 0 N–H and O–H groups in total. The van der Waals surface area contributed by atoms with Crippen LogP contribution in [-0.4, -0.2) is 17.4 Å². The SMILES string of the molecule is S=C1OC2CC3CCCC3CC2O1. The Morgan fingerprint density at radius 3 is 2.08 bits per heavy atom. The first-order valence-electron chi connectivity index (χ1n) is 5.20. The number of fused-ring (bicyclic) bond motifs is 2. The van der Waals surface area contributed by atoms with Crippen molar-refractivity contribution in [2.24, 2.45) is 11.8 Å². The van der Waals surface area contributed by atoms with Crippen LogP contribution in [0.4, 0.5) is 0 Å². The minimum atomic E-state index is 0.284. The van der Waals surface area contributed by atoms with E-state index in [-0.39, 0.29) is 12.2 Å². The van der Waals surface area contributed by atoms with E-state index in [1.807, 2.05) is 0 Å². The predicted molar refractivity (Wildman–Crippen MR) is 52.4 cm³/mol. The molecule has 1 aliphatic heterocycles. The van der Waals surface area contributed by atoms with Gasteiger partial charge in [-0.3, -0.25) is 0 Å². The van der Waals surface area contributed by atoms with Gasteiger partial charge in [0.05, 0.1) is 0 Å². The Kier molecular flexibility index (Phi) is 1.76. The van der Waals surface area contributed by atoms with E-state index in [1.54, 1.807) is 0 Å². The van der Waals surface area contributed by atoms with Crippen LogP contribution >= 0.6 is 12.2 Å². The second kappa shape index (κ2) is 2.84. The molecule has 0 aromatic rings. The molecule has 2 aliphatic carbocycles. The fourth-order valence-electron chi connectivity index (χ4n) is 3.16. The molecule has 0 radical (unpaired) electrons. The summed E-state index contributed by atoms with van der Waals surface area (Å²) in [5.41, 5.74) is 0. The molecule has 4 unspecified atom stereocenters. The smallest absolute Gasteiger partial charge is 0.353 e. The van der Waals surface area contributed by atoms with Crippen LogP contribution in [0.3, 0.4) is 0 Å². The minimum Gasteiger partial charge on any atom is -0.450 e. The number of ether oxygens (including phenoxy) is 2. The molecule has 1 saturated heterocycles. The molecule has 0 bridgehead atoms. The van der Waals surface area contributed by atoms with Crippen LogP contribution in [0.25, 0.3) is 0 Å². The van der Waals surface area contributed by atoms with Crippen molar-refractivity contribution in [3.8, 4) is 0 Å². The van der Waals surface area contributed by atoms with E-state index in [0.29, 0.717) is 5.24 Å². The molecular formula is C10H14O2S. The molecule has 3 heteroatoms. The van der Waals surface area contributed by atoms with Crippen LogP contribution in [0.5, 0.6) is 0 Å². The zero-order valence-corrected chi connectivity index (χ0v) is 8.39. The van der Waals surface area contributed by atoms with Crippen LogP contribution in [-0.2, 0) is 9.47 Å². The Morgan fingerprint density at radius 2 is 1.54 bits per heavy atom. The quantitative estimate of drug-likeness (QED) is 0.556. The molecule has 1 heterocycles. The van der Waals surface area contributed by atoms with Gasteiger partial charge in [-0.25, -0.2) is 0 Å². The fourth-order valence-corrected chi connectivity index (χ4v) is 3.40. The van der Waals surface area contributed by atoms with E-state index in [0.717, 1.165) is 11.8 Å². The van der Waals surface area contributed by atoms with Crippen molar-refractivity contribution in [1.29, 1.82) is 0 Å². The van der Waals surface area contributed by atoms with Crippen molar-refractivity contribution in [1.82, 2.24) is 0 Å². The van der Waals surface area contributed by atoms with Gasteiger partial charge in [-0.1, -0.05) is 19.3 Å². The maximum absolute atomic E-state index is 5.48. The molecule has 72 valence electrons. The van der Waals surface area contributed by atoms with Gasteiger partial charge >= 0.3 is 5.24 Å². The highest BCUT2D eigenvalue weighted by molar-refractivity contribution is 7.79.